The Hall–Kier alpha value is -0.530. The molecule has 16 heavy (non-hydrogen) atoms. The van der Waals surface area contributed by atoms with Gasteiger partial charge in [-0.1, -0.05) is 6.92 Å². The summed E-state index contributed by atoms with van der Waals surface area (Å²) in [6.45, 7) is 2.05. The van der Waals surface area contributed by atoms with Crippen molar-refractivity contribution in [1.82, 2.24) is 0 Å². The van der Waals surface area contributed by atoms with E-state index in [-0.39, 0.29) is 11.3 Å². The van der Waals surface area contributed by atoms with Crippen molar-refractivity contribution in [2.45, 2.75) is 51.9 Å². The maximum Gasteiger partial charge on any atom is 0.307 e. The third-order valence-corrected chi connectivity index (χ3v) is 5.53. The van der Waals surface area contributed by atoms with Gasteiger partial charge in [-0.25, -0.2) is 0 Å². The quantitative estimate of drug-likeness (QED) is 0.795. The average molecular weight is 222 g/mol. The molecular formula is C14H22O2. The first-order valence-corrected chi connectivity index (χ1v) is 6.86. The van der Waals surface area contributed by atoms with Gasteiger partial charge in [0.15, 0.2) is 0 Å². The van der Waals surface area contributed by atoms with Gasteiger partial charge in [-0.3, -0.25) is 4.79 Å². The summed E-state index contributed by atoms with van der Waals surface area (Å²) in [5.74, 6) is 1.98. The lowest BCUT2D eigenvalue weighted by atomic mass is 9.46. The van der Waals surface area contributed by atoms with Crippen LogP contribution < -0.4 is 0 Å². The van der Waals surface area contributed by atoms with Gasteiger partial charge >= 0.3 is 5.97 Å². The highest BCUT2D eigenvalue weighted by molar-refractivity contribution is 5.71. The second-order valence-corrected chi connectivity index (χ2v) is 6.58. The zero-order valence-corrected chi connectivity index (χ0v) is 10.1. The number of hydrogen-bond acceptors (Lipinski definition) is 1. The zero-order chi connectivity index (χ0) is 11.3. The number of hydrogen-bond donors (Lipinski definition) is 1. The first-order chi connectivity index (χ1) is 7.63. The Morgan fingerprint density at radius 1 is 1.19 bits per heavy atom. The zero-order valence-electron chi connectivity index (χ0n) is 10.1. The summed E-state index contributed by atoms with van der Waals surface area (Å²) in [4.78, 5) is 11.4. The average Bonchev–Trinajstić information content (AvgIpc) is 2.14. The largest absolute Gasteiger partial charge is 0.481 e. The Balaban J connectivity index is 1.90. The predicted octanol–water partition coefficient (Wildman–Crippen LogP) is 3.31. The molecule has 4 bridgehead atoms. The number of carboxylic acid groups (broad SMARTS) is 1. The molecular weight excluding hydrogens is 200 g/mol. The highest BCUT2D eigenvalue weighted by Gasteiger charge is 2.55. The molecule has 2 nitrogen and oxygen atoms in total. The van der Waals surface area contributed by atoms with E-state index in [0.29, 0.717) is 0 Å². The van der Waals surface area contributed by atoms with Gasteiger partial charge in [-0.15, -0.1) is 0 Å². The lowest BCUT2D eigenvalue weighted by Crippen LogP contribution is -2.51. The molecule has 1 atom stereocenters. The van der Waals surface area contributed by atoms with Crippen molar-refractivity contribution in [1.29, 1.82) is 0 Å². The van der Waals surface area contributed by atoms with Crippen LogP contribution in [-0.4, -0.2) is 11.1 Å². The van der Waals surface area contributed by atoms with E-state index < -0.39 is 5.97 Å². The summed E-state index contributed by atoms with van der Waals surface area (Å²) in [6.07, 6.45) is 8.65. The molecule has 1 unspecified atom stereocenters. The van der Waals surface area contributed by atoms with E-state index in [1.54, 1.807) is 0 Å². The van der Waals surface area contributed by atoms with Gasteiger partial charge in [0.1, 0.15) is 0 Å². The van der Waals surface area contributed by atoms with Crippen LogP contribution in [0.2, 0.25) is 0 Å². The van der Waals surface area contributed by atoms with E-state index in [2.05, 4.69) is 6.92 Å². The molecule has 4 aliphatic carbocycles. The molecule has 0 saturated heterocycles. The monoisotopic (exact) mass is 222 g/mol. The molecule has 4 fully saturated rings. The first-order valence-electron chi connectivity index (χ1n) is 6.86. The highest BCUT2D eigenvalue weighted by Crippen LogP contribution is 2.63. The molecule has 0 aromatic rings. The van der Waals surface area contributed by atoms with Crippen molar-refractivity contribution in [3.8, 4) is 0 Å². The minimum atomic E-state index is -0.538. The van der Waals surface area contributed by atoms with Gasteiger partial charge in [0.25, 0.3) is 0 Å². The van der Waals surface area contributed by atoms with Crippen LogP contribution in [-0.2, 0) is 4.79 Å². The number of carbonyl (C=O) groups is 1. The molecule has 0 aromatic carbocycles. The van der Waals surface area contributed by atoms with E-state index in [4.69, 9.17) is 0 Å². The summed E-state index contributed by atoms with van der Waals surface area (Å²) in [5.41, 5.74) is 0.190. The Morgan fingerprint density at radius 2 is 1.62 bits per heavy atom. The van der Waals surface area contributed by atoms with Crippen LogP contribution in [0.25, 0.3) is 0 Å². The van der Waals surface area contributed by atoms with Crippen LogP contribution in [0.15, 0.2) is 0 Å². The van der Waals surface area contributed by atoms with E-state index in [1.807, 2.05) is 0 Å². The van der Waals surface area contributed by atoms with Gasteiger partial charge in [0.2, 0.25) is 0 Å². The Kier molecular flexibility index (Phi) is 2.31. The van der Waals surface area contributed by atoms with Gasteiger partial charge in [0, 0.05) is 0 Å². The summed E-state index contributed by atoms with van der Waals surface area (Å²) in [7, 11) is 0. The molecule has 2 heteroatoms. The summed E-state index contributed by atoms with van der Waals surface area (Å²) < 4.78 is 0. The number of carboxylic acids is 1. The predicted molar refractivity (Wildman–Crippen MR) is 62.0 cm³/mol. The normalized spacial score (nSPS) is 46.9. The van der Waals surface area contributed by atoms with Gasteiger partial charge in [-0.2, -0.15) is 0 Å². The van der Waals surface area contributed by atoms with Crippen molar-refractivity contribution in [2.75, 3.05) is 0 Å². The van der Waals surface area contributed by atoms with Crippen molar-refractivity contribution in [3.05, 3.63) is 0 Å². The lowest BCUT2D eigenvalue weighted by molar-refractivity contribution is -0.157. The molecule has 0 aliphatic heterocycles. The minimum Gasteiger partial charge on any atom is -0.481 e. The molecule has 4 saturated carbocycles. The summed E-state index contributed by atoms with van der Waals surface area (Å²) >= 11 is 0. The number of rotatable bonds is 3. The second-order valence-electron chi connectivity index (χ2n) is 6.58. The van der Waals surface area contributed by atoms with Gasteiger partial charge in [0.05, 0.1) is 5.92 Å². The molecule has 0 spiro atoms. The highest BCUT2D eigenvalue weighted by atomic mass is 16.4. The smallest absolute Gasteiger partial charge is 0.307 e. The van der Waals surface area contributed by atoms with Crippen LogP contribution >= 0.6 is 0 Å². The molecule has 0 radical (unpaired) electrons. The third-order valence-electron chi connectivity index (χ3n) is 5.53. The Bertz CT molecular complexity index is 273. The fourth-order valence-electron chi connectivity index (χ4n) is 5.47. The van der Waals surface area contributed by atoms with Crippen molar-refractivity contribution >= 4 is 5.97 Å². The van der Waals surface area contributed by atoms with E-state index in [9.17, 15) is 9.90 Å². The van der Waals surface area contributed by atoms with E-state index in [0.717, 1.165) is 24.2 Å². The van der Waals surface area contributed by atoms with Crippen molar-refractivity contribution < 1.29 is 9.90 Å². The second kappa shape index (κ2) is 3.48. The molecule has 4 rings (SSSR count). The standard InChI is InChI=1S/C14H22O2/c1-2-12(13(15)16)14-6-9-3-10(7-14)5-11(4-9)8-14/h9-12H,2-8H2,1H3,(H,15,16). The maximum atomic E-state index is 11.4. The van der Waals surface area contributed by atoms with Crippen molar-refractivity contribution in [2.24, 2.45) is 29.1 Å². The van der Waals surface area contributed by atoms with E-state index >= 15 is 0 Å². The van der Waals surface area contributed by atoms with Crippen LogP contribution in [0.5, 0.6) is 0 Å². The van der Waals surface area contributed by atoms with E-state index in [1.165, 1.54) is 38.5 Å². The lowest BCUT2D eigenvalue weighted by Gasteiger charge is -2.58. The summed E-state index contributed by atoms with van der Waals surface area (Å²) in [5, 5.41) is 9.43. The molecule has 90 valence electrons. The fourth-order valence-corrected chi connectivity index (χ4v) is 5.47. The molecule has 0 heterocycles. The molecule has 4 aliphatic rings. The molecule has 1 N–H and O–H groups in total. The Labute approximate surface area is 97.4 Å². The Morgan fingerprint density at radius 3 is 1.94 bits per heavy atom. The topological polar surface area (TPSA) is 37.3 Å². The van der Waals surface area contributed by atoms with Crippen LogP contribution in [0, 0.1) is 29.1 Å². The van der Waals surface area contributed by atoms with Gasteiger partial charge < -0.3 is 5.11 Å². The maximum absolute atomic E-state index is 11.4. The third kappa shape index (κ3) is 1.42. The molecule has 0 aromatic heterocycles. The SMILES string of the molecule is CCC(C(=O)O)C12CC3CC(CC(C3)C1)C2. The fraction of sp³-hybridized carbons (Fsp3) is 0.929. The van der Waals surface area contributed by atoms with Crippen molar-refractivity contribution in [3.63, 3.8) is 0 Å². The minimum absolute atomic E-state index is 0.0686. The van der Waals surface area contributed by atoms with Crippen LogP contribution in [0.4, 0.5) is 0 Å². The summed E-state index contributed by atoms with van der Waals surface area (Å²) in [6, 6.07) is 0. The van der Waals surface area contributed by atoms with Gasteiger partial charge in [-0.05, 0) is 68.1 Å². The van der Waals surface area contributed by atoms with Crippen LogP contribution in [0.3, 0.4) is 0 Å². The first kappa shape index (κ1) is 10.6. The molecule has 0 amide bonds. The van der Waals surface area contributed by atoms with Crippen LogP contribution in [0.1, 0.15) is 51.9 Å². The number of aliphatic carboxylic acids is 1.